The lowest BCUT2D eigenvalue weighted by atomic mass is 9.89. The zero-order valence-electron chi connectivity index (χ0n) is 23.4. The van der Waals surface area contributed by atoms with E-state index in [9.17, 15) is 19.2 Å². The number of imide groups is 1. The van der Waals surface area contributed by atoms with Crippen LogP contribution in [0, 0.1) is 0 Å². The zero-order valence-corrected chi connectivity index (χ0v) is 25.8. The van der Waals surface area contributed by atoms with Gasteiger partial charge in [-0.05, 0) is 63.5 Å². The first-order valence-corrected chi connectivity index (χ1v) is 15.5. The van der Waals surface area contributed by atoms with Crippen molar-refractivity contribution in [1.29, 1.82) is 0 Å². The molecule has 1 aromatic rings. The van der Waals surface area contributed by atoms with Gasteiger partial charge < -0.3 is 10.1 Å². The number of Topliss-reactive ketones (excluding diaryl/α,β-unsaturated/α-hetero) is 1. The molecule has 0 bridgehead atoms. The third-order valence-electron chi connectivity index (χ3n) is 7.35. The maximum Gasteiger partial charge on any atom is 0.338 e. The van der Waals surface area contributed by atoms with Crippen LogP contribution >= 0.6 is 27.7 Å². The summed E-state index contributed by atoms with van der Waals surface area (Å²) in [5.74, 6) is 0.222. The van der Waals surface area contributed by atoms with Crippen LogP contribution < -0.4 is 5.32 Å². The number of carbonyl (C=O) groups is 4. The van der Waals surface area contributed by atoms with Crippen molar-refractivity contribution in [2.75, 3.05) is 26.0 Å². The summed E-state index contributed by atoms with van der Waals surface area (Å²) in [6.07, 6.45) is 5.86. The van der Waals surface area contributed by atoms with Gasteiger partial charge in [0.05, 0.1) is 22.2 Å². The molecular formula is C29H43BrN2O5S. The second-order valence-corrected chi connectivity index (χ2v) is 13.1. The van der Waals surface area contributed by atoms with Crippen molar-refractivity contribution in [3.8, 4) is 0 Å². The molecule has 1 unspecified atom stereocenters. The van der Waals surface area contributed by atoms with Crippen LogP contribution in [0.25, 0.3) is 0 Å². The Bertz CT molecular complexity index is 979. The van der Waals surface area contributed by atoms with Crippen molar-refractivity contribution >= 4 is 51.3 Å². The number of nitrogens with zero attached hydrogens (tertiary/aromatic N) is 1. The standard InChI is InChI=1S/C29H43BrN2O5S/c1-6-29(30,7-2)24(33)16-18-32-25(34)20-23(26(32)35)38-19-13-9-8-12-17-31-28(3,4)22-15-11-10-14-21(22)27(36)37-5/h10-11,14-15,23,31H,6-9,12-13,16-20H2,1-5H3. The van der Waals surface area contributed by atoms with Crippen LogP contribution in [0.2, 0.25) is 0 Å². The molecule has 38 heavy (non-hydrogen) atoms. The van der Waals surface area contributed by atoms with Crippen LogP contribution in [0.3, 0.4) is 0 Å². The minimum absolute atomic E-state index is 0.0461. The van der Waals surface area contributed by atoms with Gasteiger partial charge in [-0.1, -0.05) is 60.8 Å². The van der Waals surface area contributed by atoms with Gasteiger partial charge in [-0.3, -0.25) is 19.3 Å². The van der Waals surface area contributed by atoms with Crippen molar-refractivity contribution < 1.29 is 23.9 Å². The van der Waals surface area contributed by atoms with E-state index in [4.69, 9.17) is 4.74 Å². The van der Waals surface area contributed by atoms with E-state index in [1.165, 1.54) is 12.0 Å². The Morgan fingerprint density at radius 3 is 2.42 bits per heavy atom. The fourth-order valence-electron chi connectivity index (χ4n) is 4.72. The highest BCUT2D eigenvalue weighted by Crippen LogP contribution is 2.31. The lowest BCUT2D eigenvalue weighted by Crippen LogP contribution is -2.38. The number of esters is 1. The van der Waals surface area contributed by atoms with Crippen molar-refractivity contribution in [1.82, 2.24) is 10.2 Å². The number of likely N-dealkylation sites (tertiary alicyclic amines) is 1. The number of ketones is 1. The minimum atomic E-state index is -0.564. The summed E-state index contributed by atoms with van der Waals surface area (Å²) in [7, 11) is 1.39. The van der Waals surface area contributed by atoms with Gasteiger partial charge in [0, 0.05) is 24.9 Å². The molecule has 7 nitrogen and oxygen atoms in total. The molecule has 1 fully saturated rings. The van der Waals surface area contributed by atoms with Gasteiger partial charge in [-0.2, -0.15) is 0 Å². The first kappa shape index (κ1) is 32.5. The number of benzene rings is 1. The molecule has 0 aliphatic carbocycles. The first-order valence-electron chi connectivity index (χ1n) is 13.6. The maximum absolute atomic E-state index is 12.7. The number of thioether (sulfide) groups is 1. The molecule has 1 saturated heterocycles. The van der Waals surface area contributed by atoms with Crippen LogP contribution in [0.5, 0.6) is 0 Å². The first-order chi connectivity index (χ1) is 18.0. The number of unbranched alkanes of at least 4 members (excludes halogenated alkanes) is 3. The lowest BCUT2D eigenvalue weighted by molar-refractivity contribution is -0.138. The molecule has 2 amide bonds. The largest absolute Gasteiger partial charge is 0.465 e. The highest BCUT2D eigenvalue weighted by Gasteiger charge is 2.40. The minimum Gasteiger partial charge on any atom is -0.465 e. The highest BCUT2D eigenvalue weighted by molar-refractivity contribution is 9.10. The number of hydrogen-bond acceptors (Lipinski definition) is 7. The van der Waals surface area contributed by atoms with E-state index < -0.39 is 4.32 Å². The molecule has 1 atom stereocenters. The summed E-state index contributed by atoms with van der Waals surface area (Å²) in [5.41, 5.74) is 1.13. The smallest absolute Gasteiger partial charge is 0.338 e. The Morgan fingerprint density at radius 2 is 1.76 bits per heavy atom. The van der Waals surface area contributed by atoms with Gasteiger partial charge in [0.2, 0.25) is 11.8 Å². The second-order valence-electron chi connectivity index (χ2n) is 10.3. The summed E-state index contributed by atoms with van der Waals surface area (Å²) >= 11 is 5.09. The molecule has 1 heterocycles. The maximum atomic E-state index is 12.7. The average molecular weight is 612 g/mol. The summed E-state index contributed by atoms with van der Waals surface area (Å²) in [4.78, 5) is 51.1. The number of methoxy groups -OCH3 is 1. The molecule has 0 aromatic heterocycles. The average Bonchev–Trinajstić information content (AvgIpc) is 3.19. The van der Waals surface area contributed by atoms with Crippen LogP contribution in [-0.2, 0) is 24.7 Å². The highest BCUT2D eigenvalue weighted by atomic mass is 79.9. The predicted molar refractivity (Wildman–Crippen MR) is 157 cm³/mol. The quantitative estimate of drug-likeness (QED) is 0.106. The van der Waals surface area contributed by atoms with Gasteiger partial charge in [-0.15, -0.1) is 11.8 Å². The number of alkyl halides is 1. The van der Waals surface area contributed by atoms with Crippen molar-refractivity contribution in [3.63, 3.8) is 0 Å². The van der Waals surface area contributed by atoms with E-state index >= 15 is 0 Å². The van der Waals surface area contributed by atoms with Crippen molar-refractivity contribution in [2.45, 2.75) is 94.2 Å². The molecule has 1 aliphatic heterocycles. The summed E-state index contributed by atoms with van der Waals surface area (Å²) < 4.78 is 4.36. The van der Waals surface area contributed by atoms with E-state index in [1.807, 2.05) is 32.0 Å². The molecule has 212 valence electrons. The fourth-order valence-corrected chi connectivity index (χ4v) is 6.10. The summed E-state index contributed by atoms with van der Waals surface area (Å²) in [6, 6.07) is 7.51. The Kier molecular flexibility index (Phi) is 13.0. The normalized spacial score (nSPS) is 16.3. The van der Waals surface area contributed by atoms with Gasteiger partial charge in [0.1, 0.15) is 0 Å². The topological polar surface area (TPSA) is 92.8 Å². The molecule has 0 spiro atoms. The number of nitrogens with one attached hydrogen (secondary N) is 1. The van der Waals surface area contributed by atoms with Gasteiger partial charge >= 0.3 is 5.97 Å². The zero-order chi connectivity index (χ0) is 28.3. The summed E-state index contributed by atoms with van der Waals surface area (Å²) in [6.45, 7) is 9.04. The molecule has 1 aromatic carbocycles. The fraction of sp³-hybridized carbons (Fsp3) is 0.655. The second kappa shape index (κ2) is 15.2. The van der Waals surface area contributed by atoms with Crippen LogP contribution in [-0.4, -0.2) is 64.0 Å². The van der Waals surface area contributed by atoms with Crippen molar-refractivity contribution in [2.24, 2.45) is 0 Å². The van der Waals surface area contributed by atoms with Gasteiger partial charge in [0.15, 0.2) is 5.78 Å². The Morgan fingerprint density at radius 1 is 1.11 bits per heavy atom. The predicted octanol–water partition coefficient (Wildman–Crippen LogP) is 5.63. The molecule has 2 rings (SSSR count). The van der Waals surface area contributed by atoms with Crippen LogP contribution in [0.15, 0.2) is 24.3 Å². The Hall–Kier alpha value is -1.71. The Labute approximate surface area is 240 Å². The van der Waals surface area contributed by atoms with Crippen LogP contribution in [0.1, 0.15) is 95.0 Å². The van der Waals surface area contributed by atoms with E-state index in [0.717, 1.165) is 43.5 Å². The van der Waals surface area contributed by atoms with Gasteiger partial charge in [0.25, 0.3) is 0 Å². The molecule has 0 saturated carbocycles. The third-order valence-corrected chi connectivity index (χ3v) is 10.2. The van der Waals surface area contributed by atoms with Gasteiger partial charge in [-0.25, -0.2) is 4.79 Å². The summed E-state index contributed by atoms with van der Waals surface area (Å²) in [5, 5.41) is 3.22. The third kappa shape index (κ3) is 8.65. The van der Waals surface area contributed by atoms with E-state index in [0.29, 0.717) is 18.4 Å². The monoisotopic (exact) mass is 610 g/mol. The number of carbonyl (C=O) groups excluding carboxylic acids is 4. The molecular weight excluding hydrogens is 568 g/mol. The van der Waals surface area contributed by atoms with E-state index in [2.05, 4.69) is 35.1 Å². The number of hydrogen-bond donors (Lipinski definition) is 1. The molecule has 1 aliphatic rings. The SMILES string of the molecule is CCC(Br)(CC)C(=O)CCN1C(=O)CC(SCCCCCCNC(C)(C)c2ccccc2C(=O)OC)C1=O. The number of rotatable bonds is 17. The van der Waals surface area contributed by atoms with Crippen molar-refractivity contribution in [3.05, 3.63) is 35.4 Å². The molecule has 1 N–H and O–H groups in total. The van der Waals surface area contributed by atoms with Crippen LogP contribution in [0.4, 0.5) is 0 Å². The van der Waals surface area contributed by atoms with E-state index in [-0.39, 0.29) is 53.7 Å². The van der Waals surface area contributed by atoms with E-state index in [1.54, 1.807) is 17.8 Å². The number of ether oxygens (including phenoxy) is 1. The number of halogens is 1. The number of amides is 2. The molecule has 0 radical (unpaired) electrons. The Balaban J connectivity index is 1.67. The lowest BCUT2D eigenvalue weighted by Gasteiger charge is -2.29. The molecule has 9 heteroatoms.